The van der Waals surface area contributed by atoms with Gasteiger partial charge in [-0.05, 0) is 45.0 Å². The quantitative estimate of drug-likeness (QED) is 0.911. The first kappa shape index (κ1) is 15.5. The highest BCUT2D eigenvalue weighted by Crippen LogP contribution is 2.20. The van der Waals surface area contributed by atoms with Crippen molar-refractivity contribution < 1.29 is 4.79 Å². The monoisotopic (exact) mass is 294 g/mol. The van der Waals surface area contributed by atoms with Gasteiger partial charge in [0.05, 0.1) is 11.3 Å². The third-order valence-corrected chi connectivity index (χ3v) is 2.81. The number of amides is 1. The fourth-order valence-electron chi connectivity index (χ4n) is 1.88. The standard InChI is InChI=1S/C17H18N4O/c1-17(2,3)21-16(22)15-10-13(8-9-19-15)20-14-7-5-4-6-12(14)11-18/h4-10H,1-3H3,(H,19,20)(H,21,22). The molecule has 2 N–H and O–H groups in total. The van der Waals surface area contributed by atoms with E-state index in [4.69, 9.17) is 5.26 Å². The lowest BCUT2D eigenvalue weighted by atomic mass is 10.1. The van der Waals surface area contributed by atoms with Crippen molar-refractivity contribution >= 4 is 17.3 Å². The summed E-state index contributed by atoms with van der Waals surface area (Å²) in [6.45, 7) is 5.74. The molecule has 1 aromatic heterocycles. The first-order valence-corrected chi connectivity index (χ1v) is 6.94. The van der Waals surface area contributed by atoms with E-state index >= 15 is 0 Å². The molecular formula is C17H18N4O. The second-order valence-electron chi connectivity index (χ2n) is 5.92. The SMILES string of the molecule is CC(C)(C)NC(=O)c1cc(Nc2ccccc2C#N)ccn1. The van der Waals surface area contributed by atoms with Gasteiger partial charge in [-0.25, -0.2) is 0 Å². The Morgan fingerprint density at radius 2 is 1.95 bits per heavy atom. The van der Waals surface area contributed by atoms with Crippen LogP contribution >= 0.6 is 0 Å². The number of hydrogen-bond donors (Lipinski definition) is 2. The lowest BCUT2D eigenvalue weighted by molar-refractivity contribution is 0.0914. The number of benzene rings is 1. The van der Waals surface area contributed by atoms with Crippen LogP contribution in [0.25, 0.3) is 0 Å². The number of rotatable bonds is 3. The number of pyridine rings is 1. The summed E-state index contributed by atoms with van der Waals surface area (Å²) in [6, 6.07) is 12.7. The molecule has 112 valence electrons. The van der Waals surface area contributed by atoms with Gasteiger partial charge in [0.25, 0.3) is 5.91 Å². The van der Waals surface area contributed by atoms with Gasteiger partial charge in [0.15, 0.2) is 0 Å². The number of para-hydroxylation sites is 1. The fraction of sp³-hybridized carbons (Fsp3) is 0.235. The van der Waals surface area contributed by atoms with E-state index in [0.29, 0.717) is 22.6 Å². The molecule has 0 aliphatic rings. The van der Waals surface area contributed by atoms with E-state index in [1.165, 1.54) is 0 Å². The van der Waals surface area contributed by atoms with Crippen molar-refractivity contribution in [3.05, 3.63) is 53.9 Å². The Labute approximate surface area is 130 Å². The minimum Gasteiger partial charge on any atom is -0.354 e. The predicted octanol–water partition coefficient (Wildman–Crippen LogP) is 3.23. The van der Waals surface area contributed by atoms with Crippen molar-refractivity contribution in [1.82, 2.24) is 10.3 Å². The van der Waals surface area contributed by atoms with Gasteiger partial charge in [-0.15, -0.1) is 0 Å². The molecule has 2 rings (SSSR count). The summed E-state index contributed by atoms with van der Waals surface area (Å²) in [7, 11) is 0. The average Bonchev–Trinajstić information content (AvgIpc) is 2.46. The highest BCUT2D eigenvalue weighted by molar-refractivity contribution is 5.93. The van der Waals surface area contributed by atoms with E-state index in [1.54, 1.807) is 30.5 Å². The third-order valence-electron chi connectivity index (χ3n) is 2.81. The molecule has 0 aliphatic heterocycles. The maximum absolute atomic E-state index is 12.1. The van der Waals surface area contributed by atoms with E-state index < -0.39 is 0 Å². The lowest BCUT2D eigenvalue weighted by Crippen LogP contribution is -2.40. The van der Waals surface area contributed by atoms with Crippen LogP contribution in [0.3, 0.4) is 0 Å². The highest BCUT2D eigenvalue weighted by atomic mass is 16.2. The molecule has 22 heavy (non-hydrogen) atoms. The molecule has 2 aromatic rings. The predicted molar refractivity (Wildman–Crippen MR) is 85.9 cm³/mol. The van der Waals surface area contributed by atoms with Crippen molar-refractivity contribution in [1.29, 1.82) is 5.26 Å². The van der Waals surface area contributed by atoms with E-state index in [9.17, 15) is 4.79 Å². The van der Waals surface area contributed by atoms with Crippen molar-refractivity contribution in [2.45, 2.75) is 26.3 Å². The van der Waals surface area contributed by atoms with Gasteiger partial charge in [0.2, 0.25) is 0 Å². The Morgan fingerprint density at radius 3 is 2.64 bits per heavy atom. The fourth-order valence-corrected chi connectivity index (χ4v) is 1.88. The second-order valence-corrected chi connectivity index (χ2v) is 5.92. The molecule has 1 heterocycles. The summed E-state index contributed by atoms with van der Waals surface area (Å²) in [5, 5.41) is 15.1. The topological polar surface area (TPSA) is 77.8 Å². The molecule has 1 aromatic carbocycles. The van der Waals surface area contributed by atoms with Gasteiger partial charge in [-0.3, -0.25) is 9.78 Å². The van der Waals surface area contributed by atoms with Crippen molar-refractivity contribution in [2.75, 3.05) is 5.32 Å². The first-order chi connectivity index (χ1) is 10.4. The summed E-state index contributed by atoms with van der Waals surface area (Å²) in [4.78, 5) is 16.2. The smallest absolute Gasteiger partial charge is 0.270 e. The van der Waals surface area contributed by atoms with Gasteiger partial charge in [-0.1, -0.05) is 12.1 Å². The van der Waals surface area contributed by atoms with Crippen molar-refractivity contribution in [3.8, 4) is 6.07 Å². The molecule has 1 amide bonds. The van der Waals surface area contributed by atoms with Gasteiger partial charge < -0.3 is 10.6 Å². The van der Waals surface area contributed by atoms with Crippen molar-refractivity contribution in [3.63, 3.8) is 0 Å². The van der Waals surface area contributed by atoms with Crippen LogP contribution in [0.2, 0.25) is 0 Å². The lowest BCUT2D eigenvalue weighted by Gasteiger charge is -2.20. The molecule has 0 spiro atoms. The van der Waals surface area contributed by atoms with Crippen molar-refractivity contribution in [2.24, 2.45) is 0 Å². The third kappa shape index (κ3) is 4.06. The van der Waals surface area contributed by atoms with Gasteiger partial charge in [-0.2, -0.15) is 5.26 Å². The minimum absolute atomic E-state index is 0.232. The first-order valence-electron chi connectivity index (χ1n) is 6.94. The number of nitrogens with zero attached hydrogens (tertiary/aromatic N) is 2. The molecular weight excluding hydrogens is 276 g/mol. The summed E-state index contributed by atoms with van der Waals surface area (Å²) in [6.07, 6.45) is 1.56. The molecule has 0 fully saturated rings. The Kier molecular flexibility index (Phi) is 4.42. The summed E-state index contributed by atoms with van der Waals surface area (Å²) < 4.78 is 0. The van der Waals surface area contributed by atoms with Crippen LogP contribution in [-0.2, 0) is 0 Å². The number of carbonyl (C=O) groups is 1. The number of hydrogen-bond acceptors (Lipinski definition) is 4. The Morgan fingerprint density at radius 1 is 1.23 bits per heavy atom. The van der Waals surface area contributed by atoms with Crippen LogP contribution < -0.4 is 10.6 Å². The summed E-state index contributed by atoms with van der Waals surface area (Å²) in [5.41, 5.74) is 1.94. The van der Waals surface area contributed by atoms with E-state index in [1.807, 2.05) is 32.9 Å². The molecule has 0 aliphatic carbocycles. The molecule has 0 saturated heterocycles. The maximum Gasteiger partial charge on any atom is 0.270 e. The average molecular weight is 294 g/mol. The molecule has 0 atom stereocenters. The zero-order valence-corrected chi connectivity index (χ0v) is 12.8. The molecule has 0 radical (unpaired) electrons. The zero-order valence-electron chi connectivity index (χ0n) is 12.8. The molecule has 0 saturated carbocycles. The number of nitriles is 1. The van der Waals surface area contributed by atoms with E-state index in [0.717, 1.165) is 0 Å². The maximum atomic E-state index is 12.1. The summed E-state index contributed by atoms with van der Waals surface area (Å²) >= 11 is 0. The van der Waals surface area contributed by atoms with Crippen LogP contribution in [0.15, 0.2) is 42.6 Å². The second kappa shape index (κ2) is 6.27. The Hall–Kier alpha value is -2.87. The van der Waals surface area contributed by atoms with E-state index in [-0.39, 0.29) is 11.4 Å². The van der Waals surface area contributed by atoms with Gasteiger partial charge >= 0.3 is 0 Å². The van der Waals surface area contributed by atoms with Crippen LogP contribution in [0, 0.1) is 11.3 Å². The zero-order chi connectivity index (χ0) is 16.2. The Balaban J connectivity index is 2.22. The van der Waals surface area contributed by atoms with Gasteiger partial charge in [0, 0.05) is 17.4 Å². The van der Waals surface area contributed by atoms with Crippen LogP contribution in [0.1, 0.15) is 36.8 Å². The van der Waals surface area contributed by atoms with E-state index in [2.05, 4.69) is 21.7 Å². The Bertz CT molecular complexity index is 726. The highest BCUT2D eigenvalue weighted by Gasteiger charge is 2.16. The van der Waals surface area contributed by atoms with Crippen LogP contribution in [0.5, 0.6) is 0 Å². The summed E-state index contributed by atoms with van der Waals surface area (Å²) in [5.74, 6) is -0.232. The molecule has 5 nitrogen and oxygen atoms in total. The van der Waals surface area contributed by atoms with Crippen LogP contribution in [0.4, 0.5) is 11.4 Å². The van der Waals surface area contributed by atoms with Gasteiger partial charge in [0.1, 0.15) is 11.8 Å². The molecule has 5 heteroatoms. The van der Waals surface area contributed by atoms with Crippen LogP contribution in [-0.4, -0.2) is 16.4 Å². The number of nitrogens with one attached hydrogen (secondary N) is 2. The largest absolute Gasteiger partial charge is 0.354 e. The normalized spacial score (nSPS) is 10.6. The number of aromatic nitrogens is 1. The molecule has 0 unspecified atom stereocenters. The number of anilines is 2. The minimum atomic E-state index is -0.324. The molecule has 0 bridgehead atoms. The number of carbonyl (C=O) groups excluding carboxylic acids is 1.